The lowest BCUT2D eigenvalue weighted by atomic mass is 10.1. The molecule has 1 fully saturated rings. The van der Waals surface area contributed by atoms with Gasteiger partial charge in [-0.2, -0.15) is 0 Å². The van der Waals surface area contributed by atoms with Crippen LogP contribution in [0.1, 0.15) is 48.1 Å². The second kappa shape index (κ2) is 11.7. The average Bonchev–Trinajstić information content (AvgIpc) is 3.31. The average molecular weight is 549 g/mol. The molecule has 0 spiro atoms. The number of aromatic nitrogens is 1. The summed E-state index contributed by atoms with van der Waals surface area (Å²) in [6.07, 6.45) is 3.46. The van der Waals surface area contributed by atoms with Crippen LogP contribution >= 0.6 is 23.2 Å². The van der Waals surface area contributed by atoms with Gasteiger partial charge in [-0.3, -0.25) is 19.5 Å². The van der Waals surface area contributed by atoms with Crippen molar-refractivity contribution in [1.29, 1.82) is 0 Å². The van der Waals surface area contributed by atoms with Crippen LogP contribution in [-0.2, 0) is 0 Å². The molecule has 2 aromatic heterocycles. The molecular formula is C26H30Cl2N4O5. The van der Waals surface area contributed by atoms with Crippen molar-refractivity contribution in [2.45, 2.75) is 39.3 Å². The van der Waals surface area contributed by atoms with E-state index in [0.29, 0.717) is 42.8 Å². The minimum absolute atomic E-state index is 0.124. The first-order valence-electron chi connectivity index (χ1n) is 12.2. The lowest BCUT2D eigenvalue weighted by Crippen LogP contribution is -2.58. The van der Waals surface area contributed by atoms with E-state index in [1.807, 2.05) is 6.92 Å². The van der Waals surface area contributed by atoms with E-state index in [1.165, 1.54) is 12.4 Å². The highest BCUT2D eigenvalue weighted by Crippen LogP contribution is 2.35. The SMILES string of the molecule is CCOc1ccc(C(=O)Nc2c(Cl)cncc2Cl)c2cc(C(=O)N3CC(C)N(CCCO)C(C)C3)oc12. The largest absolute Gasteiger partial charge is 0.490 e. The third kappa shape index (κ3) is 5.70. The van der Waals surface area contributed by atoms with E-state index in [0.717, 1.165) is 6.54 Å². The van der Waals surface area contributed by atoms with Crippen molar-refractivity contribution in [2.24, 2.45) is 0 Å². The Labute approximate surface area is 225 Å². The number of amides is 2. The second-order valence-corrected chi connectivity index (χ2v) is 9.87. The molecule has 3 heterocycles. The molecular weight excluding hydrogens is 519 g/mol. The standard InChI is InChI=1S/C26H30Cl2N4O5/c1-4-36-21-7-6-17(25(34)30-23-19(27)11-29-12-20(23)28)18-10-22(37-24(18)21)26(35)31-13-15(2)32(8-5-9-33)16(3)14-31/h6-7,10-12,15-16,33H,4-5,8-9,13-14H2,1-3H3,(H,29,30,34). The first kappa shape index (κ1) is 27.2. The maximum absolute atomic E-state index is 13.5. The zero-order valence-electron chi connectivity index (χ0n) is 21.0. The van der Waals surface area contributed by atoms with E-state index in [2.05, 4.69) is 29.0 Å². The Hall–Kier alpha value is -2.85. The Balaban J connectivity index is 1.65. The number of ether oxygens (including phenoxy) is 1. The van der Waals surface area contributed by atoms with Crippen LogP contribution in [0.5, 0.6) is 5.75 Å². The quantitative estimate of drug-likeness (QED) is 0.419. The van der Waals surface area contributed by atoms with Crippen LogP contribution in [0.3, 0.4) is 0 Å². The van der Waals surface area contributed by atoms with Crippen molar-refractivity contribution < 1.29 is 23.8 Å². The highest BCUT2D eigenvalue weighted by Gasteiger charge is 2.33. The second-order valence-electron chi connectivity index (χ2n) is 9.05. The number of hydrogen-bond donors (Lipinski definition) is 2. The van der Waals surface area contributed by atoms with E-state index in [1.54, 1.807) is 23.1 Å². The number of halogens is 2. The number of rotatable bonds is 8. The van der Waals surface area contributed by atoms with Gasteiger partial charge in [-0.15, -0.1) is 0 Å². The van der Waals surface area contributed by atoms with Crippen molar-refractivity contribution in [3.63, 3.8) is 0 Å². The Bertz CT molecular complexity index is 1270. The van der Waals surface area contributed by atoms with Gasteiger partial charge in [0.25, 0.3) is 11.8 Å². The number of anilines is 1. The number of nitrogens with one attached hydrogen (secondary N) is 1. The van der Waals surface area contributed by atoms with Crippen LogP contribution < -0.4 is 10.1 Å². The van der Waals surface area contributed by atoms with Crippen LogP contribution in [0.15, 0.2) is 35.0 Å². The molecule has 0 bridgehead atoms. The molecule has 3 aromatic rings. The molecule has 1 saturated heterocycles. The Kier molecular flexibility index (Phi) is 8.59. The van der Waals surface area contributed by atoms with Crippen LogP contribution in [0.25, 0.3) is 11.0 Å². The number of carbonyl (C=O) groups excluding carboxylic acids is 2. The molecule has 9 nitrogen and oxygen atoms in total. The number of aliphatic hydroxyl groups excluding tert-OH is 1. The number of fused-ring (bicyclic) bond motifs is 1. The van der Waals surface area contributed by atoms with E-state index < -0.39 is 5.91 Å². The molecule has 2 N–H and O–H groups in total. The van der Waals surface area contributed by atoms with Gasteiger partial charge in [-0.05, 0) is 45.4 Å². The summed E-state index contributed by atoms with van der Waals surface area (Å²) in [7, 11) is 0. The first-order valence-corrected chi connectivity index (χ1v) is 13.0. The molecule has 0 radical (unpaired) electrons. The number of carbonyl (C=O) groups is 2. The van der Waals surface area contributed by atoms with Crippen LogP contribution in [0.4, 0.5) is 5.69 Å². The van der Waals surface area contributed by atoms with Crippen LogP contribution in [0.2, 0.25) is 10.0 Å². The Morgan fingerprint density at radius 2 is 1.86 bits per heavy atom. The number of benzene rings is 1. The summed E-state index contributed by atoms with van der Waals surface area (Å²) in [5.41, 5.74) is 0.834. The highest BCUT2D eigenvalue weighted by molar-refractivity contribution is 6.39. The van der Waals surface area contributed by atoms with Crippen molar-refractivity contribution in [1.82, 2.24) is 14.8 Å². The number of piperazine rings is 1. The predicted molar refractivity (Wildman–Crippen MR) is 143 cm³/mol. The molecule has 11 heteroatoms. The number of hydrogen-bond acceptors (Lipinski definition) is 7. The normalized spacial score (nSPS) is 18.3. The molecule has 0 aliphatic carbocycles. The minimum Gasteiger partial charge on any atom is -0.490 e. The van der Waals surface area contributed by atoms with Crippen LogP contribution in [-0.4, -0.2) is 76.6 Å². The Morgan fingerprint density at radius 3 is 2.49 bits per heavy atom. The molecule has 0 saturated carbocycles. The molecule has 2 unspecified atom stereocenters. The van der Waals surface area contributed by atoms with Crippen molar-refractivity contribution in [3.8, 4) is 5.75 Å². The maximum Gasteiger partial charge on any atom is 0.289 e. The molecule has 37 heavy (non-hydrogen) atoms. The van der Waals surface area contributed by atoms with Crippen LogP contribution in [0, 0.1) is 0 Å². The number of nitrogens with zero attached hydrogens (tertiary/aromatic N) is 3. The van der Waals surface area contributed by atoms with Gasteiger partial charge in [0, 0.05) is 56.1 Å². The van der Waals surface area contributed by atoms with Gasteiger partial charge in [0.05, 0.1) is 27.9 Å². The summed E-state index contributed by atoms with van der Waals surface area (Å²) < 4.78 is 11.7. The molecule has 2 amide bonds. The minimum atomic E-state index is -0.470. The van der Waals surface area contributed by atoms with Gasteiger partial charge < -0.3 is 24.5 Å². The summed E-state index contributed by atoms with van der Waals surface area (Å²) in [4.78, 5) is 34.7. The summed E-state index contributed by atoms with van der Waals surface area (Å²) >= 11 is 12.3. The lowest BCUT2D eigenvalue weighted by Gasteiger charge is -2.44. The van der Waals surface area contributed by atoms with Gasteiger partial charge in [0.15, 0.2) is 17.1 Å². The zero-order chi connectivity index (χ0) is 26.7. The predicted octanol–water partition coefficient (Wildman–Crippen LogP) is 4.70. The fraction of sp³-hybridized carbons (Fsp3) is 0.423. The van der Waals surface area contributed by atoms with E-state index in [-0.39, 0.29) is 51.7 Å². The van der Waals surface area contributed by atoms with Gasteiger partial charge in [0.1, 0.15) is 0 Å². The van der Waals surface area contributed by atoms with Gasteiger partial charge in [-0.1, -0.05) is 23.2 Å². The molecule has 4 rings (SSSR count). The number of furan rings is 1. The smallest absolute Gasteiger partial charge is 0.289 e. The van der Waals surface area contributed by atoms with Gasteiger partial charge in [0.2, 0.25) is 0 Å². The van der Waals surface area contributed by atoms with E-state index in [9.17, 15) is 14.7 Å². The van der Waals surface area contributed by atoms with E-state index >= 15 is 0 Å². The monoisotopic (exact) mass is 548 g/mol. The summed E-state index contributed by atoms with van der Waals surface area (Å²) in [5, 5.41) is 12.8. The fourth-order valence-electron chi connectivity index (χ4n) is 4.76. The van der Waals surface area contributed by atoms with E-state index in [4.69, 9.17) is 32.4 Å². The van der Waals surface area contributed by atoms with Crippen molar-refractivity contribution in [2.75, 3.05) is 38.2 Å². The highest BCUT2D eigenvalue weighted by atomic mass is 35.5. The lowest BCUT2D eigenvalue weighted by molar-refractivity contribution is 0.0263. The van der Waals surface area contributed by atoms with Gasteiger partial charge in [-0.25, -0.2) is 0 Å². The fourth-order valence-corrected chi connectivity index (χ4v) is 5.21. The zero-order valence-corrected chi connectivity index (χ0v) is 22.5. The topological polar surface area (TPSA) is 108 Å². The third-order valence-corrected chi connectivity index (χ3v) is 7.03. The molecule has 1 aliphatic rings. The number of pyridine rings is 1. The third-order valence-electron chi connectivity index (χ3n) is 6.46. The summed E-state index contributed by atoms with van der Waals surface area (Å²) in [6.45, 7) is 8.31. The van der Waals surface area contributed by atoms with Gasteiger partial charge >= 0.3 is 0 Å². The van der Waals surface area contributed by atoms with Crippen molar-refractivity contribution in [3.05, 3.63) is 52.0 Å². The van der Waals surface area contributed by atoms with Crippen molar-refractivity contribution >= 4 is 51.7 Å². The Morgan fingerprint density at radius 1 is 1.19 bits per heavy atom. The summed E-state index contributed by atoms with van der Waals surface area (Å²) in [6, 6.07) is 5.08. The molecule has 1 aliphatic heterocycles. The summed E-state index contributed by atoms with van der Waals surface area (Å²) in [5.74, 6) is -0.170. The molecule has 1 aromatic carbocycles. The molecule has 198 valence electrons. The first-order chi connectivity index (χ1) is 17.7. The number of aliphatic hydroxyl groups is 1. The maximum atomic E-state index is 13.5. The molecule has 2 atom stereocenters.